The molecule has 2 N–H and O–H groups in total. The molecule has 0 aromatic carbocycles. The molecule has 0 unspecified atom stereocenters. The molecule has 1 aromatic heterocycles. The van der Waals surface area contributed by atoms with Crippen molar-refractivity contribution in [3.8, 4) is 0 Å². The van der Waals surface area contributed by atoms with Crippen LogP contribution in [0.1, 0.15) is 25.7 Å². The van der Waals surface area contributed by atoms with Gasteiger partial charge in [0, 0.05) is 25.4 Å². The normalized spacial score (nSPS) is 22.8. The molecule has 19 heavy (non-hydrogen) atoms. The fourth-order valence-corrected chi connectivity index (χ4v) is 2.44. The fraction of sp³-hybridized carbons (Fsp3) is 0.571. The average Bonchev–Trinajstić information content (AvgIpc) is 2.42. The molecule has 2 rings (SSSR count). The Morgan fingerprint density at radius 3 is 2.68 bits per heavy atom. The molecule has 0 spiro atoms. The van der Waals surface area contributed by atoms with Gasteiger partial charge in [0.05, 0.1) is 0 Å². The van der Waals surface area contributed by atoms with Crippen LogP contribution in [-0.4, -0.2) is 36.7 Å². The Labute approximate surface area is 113 Å². The number of hydrogen-bond donors (Lipinski definition) is 2. The van der Waals surface area contributed by atoms with Crippen LogP contribution in [0.3, 0.4) is 0 Å². The van der Waals surface area contributed by atoms with Gasteiger partial charge in [-0.2, -0.15) is 0 Å². The standard InChI is InChI=1S/C14H21N3O2/c1-19-10-14(18)17-12-7-5-11(6-8-12)16-13-4-2-3-9-15-13/h2-4,9,11-12H,5-8,10H2,1H3,(H,15,16)(H,17,18). The van der Waals surface area contributed by atoms with Gasteiger partial charge in [0.25, 0.3) is 0 Å². The zero-order valence-electron chi connectivity index (χ0n) is 11.3. The summed E-state index contributed by atoms with van der Waals surface area (Å²) in [7, 11) is 1.53. The summed E-state index contributed by atoms with van der Waals surface area (Å²) in [5.74, 6) is 0.901. The van der Waals surface area contributed by atoms with E-state index >= 15 is 0 Å². The third-order valence-corrected chi connectivity index (χ3v) is 3.38. The van der Waals surface area contributed by atoms with Gasteiger partial charge in [-0.05, 0) is 37.8 Å². The maximum atomic E-state index is 11.4. The fourth-order valence-electron chi connectivity index (χ4n) is 2.44. The van der Waals surface area contributed by atoms with Crippen LogP contribution in [0.25, 0.3) is 0 Å². The number of ether oxygens (including phenoxy) is 1. The van der Waals surface area contributed by atoms with Crippen molar-refractivity contribution in [2.75, 3.05) is 19.0 Å². The highest BCUT2D eigenvalue weighted by Crippen LogP contribution is 2.21. The lowest BCUT2D eigenvalue weighted by atomic mass is 9.91. The molecule has 1 heterocycles. The minimum atomic E-state index is -0.0244. The number of anilines is 1. The van der Waals surface area contributed by atoms with E-state index in [2.05, 4.69) is 15.6 Å². The second-order valence-corrected chi connectivity index (χ2v) is 4.91. The van der Waals surface area contributed by atoms with E-state index in [-0.39, 0.29) is 18.6 Å². The van der Waals surface area contributed by atoms with Gasteiger partial charge in [0.1, 0.15) is 12.4 Å². The third kappa shape index (κ3) is 4.52. The molecule has 5 heteroatoms. The highest BCUT2D eigenvalue weighted by molar-refractivity contribution is 5.77. The minimum absolute atomic E-state index is 0.0244. The first-order valence-electron chi connectivity index (χ1n) is 6.74. The summed E-state index contributed by atoms with van der Waals surface area (Å²) in [5, 5.41) is 6.43. The number of aromatic nitrogens is 1. The SMILES string of the molecule is COCC(=O)NC1CCC(Nc2ccccn2)CC1. The predicted molar refractivity (Wildman–Crippen MR) is 73.9 cm³/mol. The molecule has 0 radical (unpaired) electrons. The largest absolute Gasteiger partial charge is 0.375 e. The lowest BCUT2D eigenvalue weighted by Crippen LogP contribution is -2.41. The van der Waals surface area contributed by atoms with E-state index in [0.29, 0.717) is 6.04 Å². The van der Waals surface area contributed by atoms with Gasteiger partial charge in [0.15, 0.2) is 0 Å². The summed E-state index contributed by atoms with van der Waals surface area (Å²) < 4.78 is 4.81. The predicted octanol–water partition coefficient (Wildman–Crippen LogP) is 1.57. The summed E-state index contributed by atoms with van der Waals surface area (Å²) in [4.78, 5) is 15.7. The first-order valence-corrected chi connectivity index (χ1v) is 6.74. The van der Waals surface area contributed by atoms with E-state index in [1.807, 2.05) is 18.2 Å². The van der Waals surface area contributed by atoms with Gasteiger partial charge in [-0.25, -0.2) is 4.98 Å². The monoisotopic (exact) mass is 263 g/mol. The number of pyridine rings is 1. The van der Waals surface area contributed by atoms with Crippen molar-refractivity contribution < 1.29 is 9.53 Å². The van der Waals surface area contributed by atoms with Gasteiger partial charge in [0.2, 0.25) is 5.91 Å². The van der Waals surface area contributed by atoms with Crippen molar-refractivity contribution in [3.05, 3.63) is 24.4 Å². The quantitative estimate of drug-likeness (QED) is 0.846. The van der Waals surface area contributed by atoms with Crippen molar-refractivity contribution in [1.82, 2.24) is 10.3 Å². The van der Waals surface area contributed by atoms with Crippen LogP contribution in [-0.2, 0) is 9.53 Å². The molecule has 0 atom stereocenters. The lowest BCUT2D eigenvalue weighted by Gasteiger charge is -2.29. The molecule has 1 aliphatic rings. The van der Waals surface area contributed by atoms with Crippen LogP contribution >= 0.6 is 0 Å². The first-order chi connectivity index (χ1) is 9.28. The second kappa shape index (κ2) is 7.09. The lowest BCUT2D eigenvalue weighted by molar-refractivity contribution is -0.125. The summed E-state index contributed by atoms with van der Waals surface area (Å²) in [5.41, 5.74) is 0. The number of amides is 1. The van der Waals surface area contributed by atoms with Crippen molar-refractivity contribution >= 4 is 11.7 Å². The van der Waals surface area contributed by atoms with Crippen molar-refractivity contribution in [2.45, 2.75) is 37.8 Å². The zero-order valence-corrected chi connectivity index (χ0v) is 11.3. The number of carbonyl (C=O) groups excluding carboxylic acids is 1. The van der Waals surface area contributed by atoms with Crippen LogP contribution in [0, 0.1) is 0 Å². The Morgan fingerprint density at radius 1 is 1.32 bits per heavy atom. The number of hydrogen-bond acceptors (Lipinski definition) is 4. The summed E-state index contributed by atoms with van der Waals surface area (Å²) in [6.07, 6.45) is 5.89. The van der Waals surface area contributed by atoms with Crippen molar-refractivity contribution in [3.63, 3.8) is 0 Å². The van der Waals surface area contributed by atoms with Crippen molar-refractivity contribution in [2.24, 2.45) is 0 Å². The molecular weight excluding hydrogens is 242 g/mol. The molecule has 0 saturated heterocycles. The van der Waals surface area contributed by atoms with E-state index in [1.165, 1.54) is 7.11 Å². The van der Waals surface area contributed by atoms with E-state index in [9.17, 15) is 4.79 Å². The van der Waals surface area contributed by atoms with Gasteiger partial charge in [-0.1, -0.05) is 6.07 Å². The second-order valence-electron chi connectivity index (χ2n) is 4.91. The Hall–Kier alpha value is -1.62. The van der Waals surface area contributed by atoms with Gasteiger partial charge in [-0.3, -0.25) is 4.79 Å². The Morgan fingerprint density at radius 2 is 2.05 bits per heavy atom. The highest BCUT2D eigenvalue weighted by Gasteiger charge is 2.22. The molecule has 0 bridgehead atoms. The number of carbonyl (C=O) groups is 1. The average molecular weight is 263 g/mol. The van der Waals surface area contributed by atoms with E-state index in [0.717, 1.165) is 31.5 Å². The number of rotatable bonds is 5. The molecular formula is C14H21N3O2. The third-order valence-electron chi connectivity index (χ3n) is 3.38. The van der Waals surface area contributed by atoms with Crippen LogP contribution in [0.15, 0.2) is 24.4 Å². The first kappa shape index (κ1) is 13.8. The number of methoxy groups -OCH3 is 1. The van der Waals surface area contributed by atoms with Crippen LogP contribution < -0.4 is 10.6 Å². The molecule has 1 saturated carbocycles. The summed E-state index contributed by atoms with van der Waals surface area (Å²) in [6.45, 7) is 0.145. The van der Waals surface area contributed by atoms with Crippen LogP contribution in [0.2, 0.25) is 0 Å². The number of nitrogens with zero attached hydrogens (tertiary/aromatic N) is 1. The Balaban J connectivity index is 1.72. The molecule has 1 fully saturated rings. The minimum Gasteiger partial charge on any atom is -0.375 e. The Bertz CT molecular complexity index is 389. The molecule has 5 nitrogen and oxygen atoms in total. The molecule has 0 aliphatic heterocycles. The molecule has 1 aromatic rings. The summed E-state index contributed by atoms with van der Waals surface area (Å²) >= 11 is 0. The zero-order chi connectivity index (χ0) is 13.5. The Kier molecular flexibility index (Phi) is 5.15. The maximum absolute atomic E-state index is 11.4. The topological polar surface area (TPSA) is 63.2 Å². The van der Waals surface area contributed by atoms with Crippen molar-refractivity contribution in [1.29, 1.82) is 0 Å². The maximum Gasteiger partial charge on any atom is 0.246 e. The van der Waals surface area contributed by atoms with E-state index in [1.54, 1.807) is 6.20 Å². The van der Waals surface area contributed by atoms with E-state index < -0.39 is 0 Å². The van der Waals surface area contributed by atoms with Gasteiger partial charge >= 0.3 is 0 Å². The molecule has 1 aliphatic carbocycles. The van der Waals surface area contributed by atoms with E-state index in [4.69, 9.17) is 4.74 Å². The van der Waals surface area contributed by atoms with Crippen LogP contribution in [0.4, 0.5) is 5.82 Å². The highest BCUT2D eigenvalue weighted by atomic mass is 16.5. The van der Waals surface area contributed by atoms with Gasteiger partial charge in [-0.15, -0.1) is 0 Å². The van der Waals surface area contributed by atoms with Gasteiger partial charge < -0.3 is 15.4 Å². The molecule has 104 valence electrons. The smallest absolute Gasteiger partial charge is 0.246 e. The molecule has 1 amide bonds. The van der Waals surface area contributed by atoms with Crippen LogP contribution in [0.5, 0.6) is 0 Å². The number of nitrogens with one attached hydrogen (secondary N) is 2. The summed E-state index contributed by atoms with van der Waals surface area (Å²) in [6, 6.07) is 6.60.